The average Bonchev–Trinajstić information content (AvgIpc) is 2.29. The summed E-state index contributed by atoms with van der Waals surface area (Å²) >= 11 is 0. The first-order valence-electron chi connectivity index (χ1n) is 7.26. The maximum absolute atomic E-state index is 11.8. The first kappa shape index (κ1) is 16.0. The van der Waals surface area contributed by atoms with Gasteiger partial charge in [0, 0.05) is 12.1 Å². The Labute approximate surface area is 117 Å². The van der Waals surface area contributed by atoms with E-state index in [0.29, 0.717) is 6.04 Å². The number of carbonyl (C=O) groups excluding carboxylic acids is 1. The number of hydrogen-bond donors (Lipinski definition) is 2. The van der Waals surface area contributed by atoms with Crippen LogP contribution in [0.5, 0.6) is 0 Å². The number of alkyl carbamates (subject to hydrolysis) is 1. The van der Waals surface area contributed by atoms with Crippen molar-refractivity contribution in [2.24, 2.45) is 0 Å². The number of rotatable bonds is 5. The van der Waals surface area contributed by atoms with E-state index < -0.39 is 5.60 Å². The maximum atomic E-state index is 11.8. The van der Waals surface area contributed by atoms with Crippen LogP contribution < -0.4 is 10.6 Å². The van der Waals surface area contributed by atoms with Crippen LogP contribution in [0.3, 0.4) is 0 Å². The van der Waals surface area contributed by atoms with Gasteiger partial charge in [-0.3, -0.25) is 0 Å². The topological polar surface area (TPSA) is 50.4 Å². The molecule has 1 aliphatic carbocycles. The summed E-state index contributed by atoms with van der Waals surface area (Å²) in [6.45, 7) is 10.3. The summed E-state index contributed by atoms with van der Waals surface area (Å²) in [5.41, 5.74) is -0.440. The van der Waals surface area contributed by atoms with Crippen molar-refractivity contribution in [3.8, 4) is 0 Å². The van der Waals surface area contributed by atoms with Gasteiger partial charge >= 0.3 is 6.09 Å². The summed E-state index contributed by atoms with van der Waals surface area (Å²) in [6.07, 6.45) is 7.07. The summed E-state index contributed by atoms with van der Waals surface area (Å²) in [4.78, 5) is 11.8. The molecule has 1 fully saturated rings. The number of nitrogens with one attached hydrogen (secondary N) is 2. The SMILES string of the molecule is C=CCCNC1CCCCC1NC(=O)OC(C)(C)C. The van der Waals surface area contributed by atoms with Crippen molar-refractivity contribution < 1.29 is 9.53 Å². The maximum Gasteiger partial charge on any atom is 0.407 e. The third-order valence-electron chi connectivity index (χ3n) is 3.22. The first-order chi connectivity index (χ1) is 8.92. The lowest BCUT2D eigenvalue weighted by Crippen LogP contribution is -2.52. The van der Waals surface area contributed by atoms with Gasteiger partial charge in [-0.25, -0.2) is 4.79 Å². The molecule has 2 unspecified atom stereocenters. The van der Waals surface area contributed by atoms with Crippen LogP contribution in [0, 0.1) is 0 Å². The van der Waals surface area contributed by atoms with Gasteiger partial charge in [-0.1, -0.05) is 18.9 Å². The number of amides is 1. The second-order valence-electron chi connectivity index (χ2n) is 6.18. The minimum absolute atomic E-state index is 0.174. The fourth-order valence-electron chi connectivity index (χ4n) is 2.38. The van der Waals surface area contributed by atoms with Crippen LogP contribution in [-0.4, -0.2) is 30.3 Å². The van der Waals surface area contributed by atoms with Gasteiger partial charge < -0.3 is 15.4 Å². The molecule has 19 heavy (non-hydrogen) atoms. The minimum atomic E-state index is -0.440. The van der Waals surface area contributed by atoms with Crippen LogP contribution in [0.4, 0.5) is 4.79 Å². The second kappa shape index (κ2) is 7.53. The lowest BCUT2D eigenvalue weighted by molar-refractivity contribution is 0.0479. The van der Waals surface area contributed by atoms with Crippen molar-refractivity contribution in [3.05, 3.63) is 12.7 Å². The van der Waals surface area contributed by atoms with E-state index in [2.05, 4.69) is 17.2 Å². The van der Waals surface area contributed by atoms with Gasteiger partial charge in [-0.15, -0.1) is 6.58 Å². The van der Waals surface area contributed by atoms with Gasteiger partial charge in [0.15, 0.2) is 0 Å². The predicted octanol–water partition coefficient (Wildman–Crippen LogP) is 2.99. The van der Waals surface area contributed by atoms with Gasteiger partial charge in [0.1, 0.15) is 5.60 Å². The molecule has 110 valence electrons. The molecule has 0 radical (unpaired) electrons. The van der Waals surface area contributed by atoms with Crippen LogP contribution >= 0.6 is 0 Å². The van der Waals surface area contributed by atoms with E-state index in [1.807, 2.05) is 26.8 Å². The molecule has 4 heteroatoms. The van der Waals surface area contributed by atoms with E-state index in [1.54, 1.807) is 0 Å². The summed E-state index contributed by atoms with van der Waals surface area (Å²) in [6, 6.07) is 0.523. The summed E-state index contributed by atoms with van der Waals surface area (Å²) in [5, 5.41) is 6.50. The Morgan fingerprint density at radius 2 is 1.95 bits per heavy atom. The molecule has 1 rings (SSSR count). The normalized spacial score (nSPS) is 23.7. The van der Waals surface area contributed by atoms with Crippen LogP contribution in [0.2, 0.25) is 0 Å². The van der Waals surface area contributed by atoms with Crippen molar-refractivity contribution in [2.45, 2.75) is 70.6 Å². The van der Waals surface area contributed by atoms with Crippen LogP contribution in [0.15, 0.2) is 12.7 Å². The van der Waals surface area contributed by atoms with Crippen molar-refractivity contribution in [3.63, 3.8) is 0 Å². The minimum Gasteiger partial charge on any atom is -0.444 e. The molecule has 4 nitrogen and oxygen atoms in total. The molecule has 0 aromatic heterocycles. The fraction of sp³-hybridized carbons (Fsp3) is 0.800. The molecule has 0 aromatic carbocycles. The third-order valence-corrected chi connectivity index (χ3v) is 3.22. The zero-order valence-electron chi connectivity index (χ0n) is 12.5. The summed E-state index contributed by atoms with van der Waals surface area (Å²) in [7, 11) is 0. The van der Waals surface area contributed by atoms with Gasteiger partial charge in [0.05, 0.1) is 0 Å². The molecule has 0 heterocycles. The van der Waals surface area contributed by atoms with E-state index in [0.717, 1.165) is 25.8 Å². The highest BCUT2D eigenvalue weighted by atomic mass is 16.6. The molecule has 0 aliphatic heterocycles. The third kappa shape index (κ3) is 6.62. The van der Waals surface area contributed by atoms with Gasteiger partial charge in [-0.05, 0) is 46.6 Å². The molecule has 1 aliphatic rings. The molecule has 0 spiro atoms. The second-order valence-corrected chi connectivity index (χ2v) is 6.18. The smallest absolute Gasteiger partial charge is 0.407 e. The number of hydrogen-bond acceptors (Lipinski definition) is 3. The van der Waals surface area contributed by atoms with E-state index in [1.165, 1.54) is 12.8 Å². The quantitative estimate of drug-likeness (QED) is 0.595. The van der Waals surface area contributed by atoms with Gasteiger partial charge in [-0.2, -0.15) is 0 Å². The Kier molecular flexibility index (Phi) is 6.35. The largest absolute Gasteiger partial charge is 0.444 e. The Hall–Kier alpha value is -1.03. The van der Waals surface area contributed by atoms with Gasteiger partial charge in [0.2, 0.25) is 0 Å². The van der Waals surface area contributed by atoms with Crippen molar-refractivity contribution in [1.82, 2.24) is 10.6 Å². The van der Waals surface area contributed by atoms with Crippen molar-refractivity contribution in [1.29, 1.82) is 0 Å². The first-order valence-corrected chi connectivity index (χ1v) is 7.26. The van der Waals surface area contributed by atoms with E-state index >= 15 is 0 Å². The van der Waals surface area contributed by atoms with Crippen molar-refractivity contribution >= 4 is 6.09 Å². The Bertz CT molecular complexity index is 297. The average molecular weight is 268 g/mol. The highest BCUT2D eigenvalue weighted by Gasteiger charge is 2.27. The molecule has 1 saturated carbocycles. The molecular weight excluding hydrogens is 240 g/mol. The molecule has 2 atom stereocenters. The van der Waals surface area contributed by atoms with E-state index in [9.17, 15) is 4.79 Å². The predicted molar refractivity (Wildman–Crippen MR) is 78.2 cm³/mol. The van der Waals surface area contributed by atoms with Crippen LogP contribution in [0.1, 0.15) is 52.9 Å². The Morgan fingerprint density at radius 1 is 1.32 bits per heavy atom. The molecule has 2 N–H and O–H groups in total. The highest BCUT2D eigenvalue weighted by molar-refractivity contribution is 5.68. The molecule has 0 bridgehead atoms. The zero-order valence-corrected chi connectivity index (χ0v) is 12.5. The molecule has 0 saturated heterocycles. The Morgan fingerprint density at radius 3 is 2.53 bits per heavy atom. The number of ether oxygens (including phenoxy) is 1. The molecule has 1 amide bonds. The number of carbonyl (C=O) groups is 1. The van der Waals surface area contributed by atoms with Gasteiger partial charge in [0.25, 0.3) is 0 Å². The fourth-order valence-corrected chi connectivity index (χ4v) is 2.38. The molecular formula is C15H28N2O2. The monoisotopic (exact) mass is 268 g/mol. The lowest BCUT2D eigenvalue weighted by atomic mass is 9.90. The Balaban J connectivity index is 2.43. The highest BCUT2D eigenvalue weighted by Crippen LogP contribution is 2.19. The summed E-state index contributed by atoms with van der Waals surface area (Å²) < 4.78 is 5.32. The van der Waals surface area contributed by atoms with Crippen molar-refractivity contribution in [2.75, 3.05) is 6.54 Å². The van der Waals surface area contributed by atoms with Crippen LogP contribution in [-0.2, 0) is 4.74 Å². The standard InChI is InChI=1S/C15H28N2O2/c1-5-6-11-16-12-9-7-8-10-13(12)17-14(18)19-15(2,3)4/h5,12-13,16H,1,6-11H2,2-4H3,(H,17,18). The van der Waals surface area contributed by atoms with Crippen LogP contribution in [0.25, 0.3) is 0 Å². The van der Waals surface area contributed by atoms with E-state index in [4.69, 9.17) is 4.74 Å². The molecule has 0 aromatic rings. The zero-order chi connectivity index (χ0) is 14.3. The lowest BCUT2D eigenvalue weighted by Gasteiger charge is -2.33. The summed E-state index contributed by atoms with van der Waals surface area (Å²) in [5.74, 6) is 0. The van der Waals surface area contributed by atoms with E-state index in [-0.39, 0.29) is 12.1 Å².